The molecule has 0 fully saturated rings. The van der Waals surface area contributed by atoms with Crippen LogP contribution < -0.4 is 10.1 Å². The first-order chi connectivity index (χ1) is 16.2. The molecular weight excluding hydrogens is 428 g/mol. The molecule has 0 unspecified atom stereocenters. The van der Waals surface area contributed by atoms with Crippen molar-refractivity contribution in [3.8, 4) is 11.3 Å². The van der Waals surface area contributed by atoms with Gasteiger partial charge in [0, 0.05) is 17.7 Å². The molecule has 4 aromatic rings. The van der Waals surface area contributed by atoms with E-state index in [9.17, 15) is 4.79 Å². The molecule has 4 rings (SSSR count). The SMILES string of the molecule is C=CCn1c(-c2ccccc2)c(NC(=O)c2ccc(C)cc2)s/c1=N/N=C/c1ccccc1. The Morgan fingerprint density at radius 1 is 1.00 bits per heavy atom. The van der Waals surface area contributed by atoms with Gasteiger partial charge in [-0.2, -0.15) is 5.10 Å². The van der Waals surface area contributed by atoms with E-state index in [1.807, 2.05) is 102 Å². The number of carbonyl (C=O) groups is 1. The van der Waals surface area contributed by atoms with Gasteiger partial charge in [0.15, 0.2) is 0 Å². The molecule has 1 N–H and O–H groups in total. The minimum atomic E-state index is -0.168. The molecule has 6 heteroatoms. The van der Waals surface area contributed by atoms with E-state index < -0.39 is 0 Å². The predicted molar refractivity (Wildman–Crippen MR) is 137 cm³/mol. The van der Waals surface area contributed by atoms with Crippen LogP contribution in [-0.4, -0.2) is 16.7 Å². The summed E-state index contributed by atoms with van der Waals surface area (Å²) in [5.41, 5.74) is 4.51. The number of carbonyl (C=O) groups excluding carboxylic acids is 1. The second kappa shape index (κ2) is 10.5. The zero-order valence-electron chi connectivity index (χ0n) is 18.3. The lowest BCUT2D eigenvalue weighted by Gasteiger charge is -2.10. The molecule has 0 aliphatic rings. The van der Waals surface area contributed by atoms with Gasteiger partial charge < -0.3 is 9.88 Å². The molecule has 0 bridgehead atoms. The first kappa shape index (κ1) is 22.2. The number of aryl methyl sites for hydroxylation is 1. The summed E-state index contributed by atoms with van der Waals surface area (Å²) in [7, 11) is 0. The molecule has 0 aliphatic heterocycles. The number of allylic oxidation sites excluding steroid dienone is 1. The third-order valence-electron chi connectivity index (χ3n) is 4.96. The molecule has 0 saturated carbocycles. The maximum Gasteiger partial charge on any atom is 0.256 e. The fourth-order valence-corrected chi connectivity index (χ4v) is 4.33. The van der Waals surface area contributed by atoms with Crippen molar-refractivity contribution >= 4 is 28.5 Å². The van der Waals surface area contributed by atoms with Gasteiger partial charge in [-0.15, -0.1) is 11.7 Å². The highest BCUT2D eigenvalue weighted by molar-refractivity contribution is 7.14. The molecule has 1 heterocycles. The summed E-state index contributed by atoms with van der Waals surface area (Å²) in [6, 6.07) is 27.3. The van der Waals surface area contributed by atoms with Crippen molar-refractivity contribution in [2.45, 2.75) is 13.5 Å². The molecule has 0 aliphatic carbocycles. The molecular formula is C27H24N4OS. The van der Waals surface area contributed by atoms with Crippen molar-refractivity contribution in [3.63, 3.8) is 0 Å². The van der Waals surface area contributed by atoms with Gasteiger partial charge in [-0.3, -0.25) is 4.79 Å². The lowest BCUT2D eigenvalue weighted by atomic mass is 10.1. The van der Waals surface area contributed by atoms with Gasteiger partial charge in [-0.25, -0.2) is 0 Å². The number of aromatic nitrogens is 1. The minimum Gasteiger partial charge on any atom is -0.312 e. The van der Waals surface area contributed by atoms with Crippen molar-refractivity contribution in [2.24, 2.45) is 10.2 Å². The summed E-state index contributed by atoms with van der Waals surface area (Å²) in [5, 5.41) is 12.6. The molecule has 1 amide bonds. The zero-order chi connectivity index (χ0) is 23.0. The third-order valence-corrected chi connectivity index (χ3v) is 5.94. The summed E-state index contributed by atoms with van der Waals surface area (Å²) in [4.78, 5) is 13.7. The topological polar surface area (TPSA) is 58.8 Å². The van der Waals surface area contributed by atoms with Gasteiger partial charge in [0.1, 0.15) is 5.00 Å². The highest BCUT2D eigenvalue weighted by Gasteiger charge is 2.18. The van der Waals surface area contributed by atoms with E-state index in [0.717, 1.165) is 22.4 Å². The molecule has 0 saturated heterocycles. The van der Waals surface area contributed by atoms with Crippen LogP contribution in [0.2, 0.25) is 0 Å². The van der Waals surface area contributed by atoms with Gasteiger partial charge in [0.2, 0.25) is 4.80 Å². The van der Waals surface area contributed by atoms with Crippen LogP contribution in [0.25, 0.3) is 11.3 Å². The van der Waals surface area contributed by atoms with E-state index in [2.05, 4.69) is 22.1 Å². The molecule has 5 nitrogen and oxygen atoms in total. The van der Waals surface area contributed by atoms with E-state index in [0.29, 0.717) is 21.9 Å². The van der Waals surface area contributed by atoms with Crippen LogP contribution in [0, 0.1) is 6.92 Å². The number of rotatable bonds is 7. The van der Waals surface area contributed by atoms with Crippen molar-refractivity contribution < 1.29 is 4.79 Å². The second-order valence-corrected chi connectivity index (χ2v) is 8.38. The molecule has 1 aromatic heterocycles. The van der Waals surface area contributed by atoms with Gasteiger partial charge in [-0.1, -0.05) is 95.8 Å². The van der Waals surface area contributed by atoms with Gasteiger partial charge >= 0.3 is 0 Å². The monoisotopic (exact) mass is 452 g/mol. The van der Waals surface area contributed by atoms with Crippen LogP contribution in [0.3, 0.4) is 0 Å². The van der Waals surface area contributed by atoms with Crippen LogP contribution in [0.5, 0.6) is 0 Å². The highest BCUT2D eigenvalue weighted by atomic mass is 32.1. The number of amides is 1. The highest BCUT2D eigenvalue weighted by Crippen LogP contribution is 2.31. The second-order valence-electron chi connectivity index (χ2n) is 7.40. The summed E-state index contributed by atoms with van der Waals surface area (Å²) < 4.78 is 2.01. The first-order valence-electron chi connectivity index (χ1n) is 10.6. The van der Waals surface area contributed by atoms with Gasteiger partial charge in [-0.05, 0) is 24.6 Å². The van der Waals surface area contributed by atoms with E-state index in [4.69, 9.17) is 0 Å². The minimum absolute atomic E-state index is 0.168. The number of hydrogen-bond acceptors (Lipinski definition) is 4. The van der Waals surface area contributed by atoms with Crippen LogP contribution in [-0.2, 0) is 6.54 Å². The van der Waals surface area contributed by atoms with Gasteiger partial charge in [0.05, 0.1) is 11.9 Å². The Morgan fingerprint density at radius 3 is 2.33 bits per heavy atom. The normalized spacial score (nSPS) is 11.6. The molecule has 164 valence electrons. The average Bonchev–Trinajstić information content (AvgIpc) is 3.17. The first-order valence-corrected chi connectivity index (χ1v) is 11.4. The number of thiazole rings is 1. The van der Waals surface area contributed by atoms with E-state index in [-0.39, 0.29) is 5.91 Å². The molecule has 0 atom stereocenters. The van der Waals surface area contributed by atoms with Crippen LogP contribution in [0.4, 0.5) is 5.00 Å². The quantitative estimate of drug-likeness (QED) is 0.212. The van der Waals surface area contributed by atoms with Crippen molar-refractivity contribution in [3.05, 3.63) is 119 Å². The maximum atomic E-state index is 13.0. The Kier molecular flexibility index (Phi) is 7.07. The fourth-order valence-electron chi connectivity index (χ4n) is 3.32. The molecule has 0 spiro atoms. The van der Waals surface area contributed by atoms with Crippen molar-refractivity contribution in [1.29, 1.82) is 0 Å². The fraction of sp³-hybridized carbons (Fsp3) is 0.0741. The Hall–Kier alpha value is -4.03. The zero-order valence-corrected chi connectivity index (χ0v) is 19.1. The average molecular weight is 453 g/mol. The Balaban J connectivity index is 1.78. The van der Waals surface area contributed by atoms with Crippen molar-refractivity contribution in [2.75, 3.05) is 5.32 Å². The lowest BCUT2D eigenvalue weighted by molar-refractivity contribution is 0.102. The number of nitrogens with zero attached hydrogens (tertiary/aromatic N) is 3. The largest absolute Gasteiger partial charge is 0.312 e. The standard InChI is InChI=1S/C27H24N4OS/c1-3-18-31-24(22-12-8-5-9-13-22)26(29-25(32)23-16-14-20(2)15-17-23)33-27(31)30-28-19-21-10-6-4-7-11-21/h3-17,19H,1,18H2,2H3,(H,29,32)/b28-19+,30-27+. The van der Waals surface area contributed by atoms with E-state index >= 15 is 0 Å². The van der Waals surface area contributed by atoms with E-state index in [1.54, 1.807) is 6.21 Å². The maximum absolute atomic E-state index is 13.0. The van der Waals surface area contributed by atoms with Crippen LogP contribution in [0.15, 0.2) is 108 Å². The van der Waals surface area contributed by atoms with Crippen LogP contribution >= 0.6 is 11.3 Å². The summed E-state index contributed by atoms with van der Waals surface area (Å²) in [6.45, 7) is 6.43. The Bertz CT molecular complexity index is 1330. The number of hydrogen-bond donors (Lipinski definition) is 1. The summed E-state index contributed by atoms with van der Waals surface area (Å²) >= 11 is 1.39. The number of nitrogens with one attached hydrogen (secondary N) is 1. The van der Waals surface area contributed by atoms with Crippen molar-refractivity contribution in [1.82, 2.24) is 4.57 Å². The molecule has 33 heavy (non-hydrogen) atoms. The van der Waals surface area contributed by atoms with Gasteiger partial charge in [0.25, 0.3) is 5.91 Å². The number of anilines is 1. The third kappa shape index (κ3) is 5.42. The predicted octanol–water partition coefficient (Wildman–Crippen LogP) is 5.90. The number of benzene rings is 3. The smallest absolute Gasteiger partial charge is 0.256 e. The van der Waals surface area contributed by atoms with E-state index in [1.165, 1.54) is 11.3 Å². The molecule has 0 radical (unpaired) electrons. The Morgan fingerprint density at radius 2 is 1.67 bits per heavy atom. The Labute approximate surface area is 197 Å². The summed E-state index contributed by atoms with van der Waals surface area (Å²) in [6.07, 6.45) is 3.52. The molecule has 3 aromatic carbocycles. The summed E-state index contributed by atoms with van der Waals surface area (Å²) in [5.74, 6) is -0.168. The lowest BCUT2D eigenvalue weighted by Crippen LogP contribution is -2.15. The van der Waals surface area contributed by atoms with Crippen LogP contribution in [0.1, 0.15) is 21.5 Å².